The number of rotatable bonds is 39. The van der Waals surface area contributed by atoms with Crippen LogP contribution in [0.25, 0.3) is 11.0 Å². The summed E-state index contributed by atoms with van der Waals surface area (Å²) >= 11 is 6.34. The van der Waals surface area contributed by atoms with Gasteiger partial charge in [-0.2, -0.15) is 15.1 Å². The Morgan fingerprint density at radius 2 is 1.40 bits per heavy atom. The molecule has 5 atom stereocenters. The average molecular weight is 1170 g/mol. The van der Waals surface area contributed by atoms with Crippen LogP contribution in [0.3, 0.4) is 0 Å². The number of esters is 1. The minimum absolute atomic E-state index is 0.0561. The third kappa shape index (κ3) is 22.3. The molecule has 27 nitrogen and oxygen atoms in total. The van der Waals surface area contributed by atoms with E-state index < -0.39 is 62.6 Å². The predicted molar refractivity (Wildman–Crippen MR) is 266 cm³/mol. The standard InChI is InChI=1S/C45H65ClF3N9O18P2/c46-45-53-42(35-26-51-58(43(35)54-45)39-5-4-33(75-39)29-74-78(64,65)30-77(61,62)63)52-38-3-1-2-34(38)44(60)50-7-10-67-13-16-70-20-21-72-22-23-73-28-32-27-57(56-55-32)8-11-68-14-17-71-19-18-69-15-12-66-9-6-40(59)76-41-36(48)24-31(47)25-37(41)49/h24-27,33-34,38-39H,1-23,28-30H2,(H,50,60)(H,64,65)(H,52,53,54)(H2,61,62,63). The molecule has 4 heterocycles. The lowest BCUT2D eigenvalue weighted by Crippen LogP contribution is -2.39. The zero-order valence-corrected chi connectivity index (χ0v) is 45.1. The summed E-state index contributed by atoms with van der Waals surface area (Å²) in [5.41, 5.74) is 1.03. The number of amides is 1. The Labute approximate surface area is 451 Å². The Bertz CT molecular complexity index is 2570. The molecule has 3 aromatic heterocycles. The fraction of sp³-hybridized carbons (Fsp3) is 0.667. The molecule has 1 saturated carbocycles. The molecule has 0 spiro atoms. The Kier molecular flexibility index (Phi) is 26.4. The Balaban J connectivity index is 0.703. The summed E-state index contributed by atoms with van der Waals surface area (Å²) in [5, 5.41) is 19.4. The molecule has 1 saturated heterocycles. The minimum atomic E-state index is -4.77. The highest BCUT2D eigenvalue weighted by molar-refractivity contribution is 7.70. The number of carbonyl (C=O) groups is 2. The molecular weight excluding hydrogens is 1110 g/mol. The molecule has 0 bridgehead atoms. The maximum Gasteiger partial charge on any atom is 0.340 e. The molecule has 1 amide bonds. The molecule has 2 fully saturated rings. The van der Waals surface area contributed by atoms with E-state index in [1.807, 2.05) is 0 Å². The number of hydrogen-bond acceptors (Lipinski definition) is 21. The first-order valence-electron chi connectivity index (χ1n) is 25.0. The molecular formula is C45H65ClF3N9O18P2. The van der Waals surface area contributed by atoms with Crippen LogP contribution in [0.2, 0.25) is 5.28 Å². The molecule has 6 rings (SSSR count). The molecule has 1 aliphatic heterocycles. The van der Waals surface area contributed by atoms with Crippen LogP contribution in [-0.2, 0) is 79.0 Å². The van der Waals surface area contributed by atoms with E-state index in [9.17, 15) is 36.8 Å². The summed E-state index contributed by atoms with van der Waals surface area (Å²) in [6, 6.07) is 0.589. The van der Waals surface area contributed by atoms with Crippen molar-refractivity contribution in [2.45, 2.75) is 70.1 Å². The lowest BCUT2D eigenvalue weighted by molar-refractivity contribution is -0.136. The first-order chi connectivity index (χ1) is 37.5. The first-order valence-corrected chi connectivity index (χ1v) is 28.9. The second-order valence-corrected chi connectivity index (χ2v) is 21.8. The summed E-state index contributed by atoms with van der Waals surface area (Å²) in [4.78, 5) is 61.6. The van der Waals surface area contributed by atoms with Gasteiger partial charge >= 0.3 is 21.2 Å². The number of fused-ring (bicyclic) bond motifs is 1. The van der Waals surface area contributed by atoms with Crippen molar-refractivity contribution in [2.24, 2.45) is 5.92 Å². The van der Waals surface area contributed by atoms with Gasteiger partial charge in [-0.05, 0) is 37.3 Å². The number of hydrogen-bond donors (Lipinski definition) is 5. The SMILES string of the molecule is O=C(CCOCCOCCOCCOCCn1cc(COCCOCCOCCOCCNC(=O)C2CCCC2Nc2nc(Cl)nc3c2cnn3C2CCC(COP(=O)(O)CP(=O)(O)O)O2)nn1)Oc1c(F)cc(F)cc1F. The monoisotopic (exact) mass is 1170 g/mol. The van der Waals surface area contributed by atoms with E-state index >= 15 is 0 Å². The lowest BCUT2D eigenvalue weighted by Gasteiger charge is -2.21. The van der Waals surface area contributed by atoms with Gasteiger partial charge in [-0.1, -0.05) is 11.6 Å². The van der Waals surface area contributed by atoms with E-state index in [0.29, 0.717) is 153 Å². The molecule has 2 aliphatic rings. The molecule has 5 N–H and O–H groups in total. The fourth-order valence-corrected chi connectivity index (χ4v) is 10.7. The van der Waals surface area contributed by atoms with Gasteiger partial charge in [-0.3, -0.25) is 18.7 Å². The third-order valence-corrected chi connectivity index (χ3v) is 15.1. The summed E-state index contributed by atoms with van der Waals surface area (Å²) < 4.78 is 126. The van der Waals surface area contributed by atoms with Gasteiger partial charge in [0.1, 0.15) is 17.3 Å². The van der Waals surface area contributed by atoms with Crippen molar-refractivity contribution < 1.29 is 98.5 Å². The molecule has 78 heavy (non-hydrogen) atoms. The van der Waals surface area contributed by atoms with Gasteiger partial charge in [0.15, 0.2) is 29.4 Å². The van der Waals surface area contributed by atoms with Gasteiger partial charge in [-0.15, -0.1) is 5.10 Å². The van der Waals surface area contributed by atoms with Crippen LogP contribution < -0.4 is 15.4 Å². The number of nitrogens with one attached hydrogen (secondary N) is 2. The van der Waals surface area contributed by atoms with Crippen molar-refractivity contribution in [3.63, 3.8) is 0 Å². The van der Waals surface area contributed by atoms with Crippen LogP contribution in [0.5, 0.6) is 5.75 Å². The van der Waals surface area contributed by atoms with Gasteiger partial charge in [0, 0.05) is 24.7 Å². The number of anilines is 1. The zero-order chi connectivity index (χ0) is 55.8. The van der Waals surface area contributed by atoms with Crippen LogP contribution in [0.15, 0.2) is 24.5 Å². The summed E-state index contributed by atoms with van der Waals surface area (Å²) in [6.45, 7) is 5.25. The van der Waals surface area contributed by atoms with Crippen molar-refractivity contribution in [1.82, 2.24) is 40.1 Å². The molecule has 5 unspecified atom stereocenters. The molecule has 1 aliphatic carbocycles. The highest BCUT2D eigenvalue weighted by Gasteiger charge is 2.36. The lowest BCUT2D eigenvalue weighted by atomic mass is 10.0. The molecule has 436 valence electrons. The maximum absolute atomic E-state index is 13.6. The predicted octanol–water partition coefficient (Wildman–Crippen LogP) is 3.53. The second kappa shape index (κ2) is 32.8. The van der Waals surface area contributed by atoms with Crippen LogP contribution in [-0.4, -0.2) is 192 Å². The quantitative estimate of drug-likeness (QED) is 0.0140. The Hall–Kier alpha value is -4.33. The van der Waals surface area contributed by atoms with Crippen molar-refractivity contribution in [1.29, 1.82) is 0 Å². The van der Waals surface area contributed by atoms with Crippen LogP contribution >= 0.6 is 26.8 Å². The highest BCUT2D eigenvalue weighted by atomic mass is 35.5. The number of carbonyl (C=O) groups excluding carboxylic acids is 2. The third-order valence-electron chi connectivity index (χ3n) is 11.5. The van der Waals surface area contributed by atoms with E-state index in [2.05, 4.69) is 40.7 Å². The van der Waals surface area contributed by atoms with Crippen molar-refractivity contribution >= 4 is 55.5 Å². The first kappa shape index (κ1) is 62.9. The maximum atomic E-state index is 13.6. The van der Waals surface area contributed by atoms with E-state index in [4.69, 9.17) is 68.5 Å². The number of nitrogens with zero attached hydrogens (tertiary/aromatic N) is 7. The smallest absolute Gasteiger partial charge is 0.340 e. The summed E-state index contributed by atoms with van der Waals surface area (Å²) in [5.74, 6) is -7.00. The average Bonchev–Trinajstić information content (AvgIpc) is 4.27. The normalized spacial score (nSPS) is 18.4. The van der Waals surface area contributed by atoms with Crippen LogP contribution in [0, 0.1) is 23.4 Å². The van der Waals surface area contributed by atoms with E-state index in [-0.39, 0.29) is 62.6 Å². The summed E-state index contributed by atoms with van der Waals surface area (Å²) in [7, 11) is -9.30. The van der Waals surface area contributed by atoms with Gasteiger partial charge in [0.2, 0.25) is 16.9 Å². The second-order valence-electron chi connectivity index (χ2n) is 17.5. The molecule has 4 aromatic rings. The van der Waals surface area contributed by atoms with Crippen LogP contribution in [0.1, 0.15) is 50.4 Å². The number of ether oxygens (including phenoxy) is 10. The van der Waals surface area contributed by atoms with Crippen molar-refractivity contribution in [2.75, 3.05) is 123 Å². The molecule has 33 heteroatoms. The highest BCUT2D eigenvalue weighted by Crippen LogP contribution is 2.55. The zero-order valence-electron chi connectivity index (χ0n) is 42.5. The van der Waals surface area contributed by atoms with E-state index in [0.717, 1.165) is 6.42 Å². The van der Waals surface area contributed by atoms with Crippen molar-refractivity contribution in [3.05, 3.63) is 53.0 Å². The summed E-state index contributed by atoms with van der Waals surface area (Å²) in [6.07, 6.45) is 4.85. The topological polar surface area (TPSA) is 329 Å². The Morgan fingerprint density at radius 1 is 0.782 bits per heavy atom. The van der Waals surface area contributed by atoms with Crippen molar-refractivity contribution in [3.8, 4) is 5.75 Å². The van der Waals surface area contributed by atoms with Gasteiger partial charge in [0.25, 0.3) is 0 Å². The van der Waals surface area contributed by atoms with E-state index in [1.54, 1.807) is 17.1 Å². The number of aromatic nitrogens is 7. The minimum Gasteiger partial charge on any atom is -0.420 e. The Morgan fingerprint density at radius 3 is 2.05 bits per heavy atom. The van der Waals surface area contributed by atoms with E-state index in [1.165, 1.54) is 4.68 Å². The molecule has 1 aromatic carbocycles. The van der Waals surface area contributed by atoms with Gasteiger partial charge in [-0.25, -0.2) is 22.5 Å². The fourth-order valence-electron chi connectivity index (χ4n) is 7.90. The number of benzene rings is 1. The van der Waals surface area contributed by atoms with Gasteiger partial charge in [0.05, 0.1) is 155 Å². The van der Waals surface area contributed by atoms with Gasteiger partial charge < -0.3 is 77.2 Å². The van der Waals surface area contributed by atoms with Crippen LogP contribution in [0.4, 0.5) is 19.0 Å². The number of halogens is 4. The molecule has 0 radical (unpaired) electrons. The largest absolute Gasteiger partial charge is 0.420 e.